The van der Waals surface area contributed by atoms with Gasteiger partial charge in [0.25, 0.3) is 0 Å². The molecular formula is C11H17NO2S. The van der Waals surface area contributed by atoms with Gasteiger partial charge in [-0.25, -0.2) is 0 Å². The van der Waals surface area contributed by atoms with Crippen LogP contribution in [-0.4, -0.2) is 35.7 Å². The van der Waals surface area contributed by atoms with E-state index in [-0.39, 0.29) is 0 Å². The molecule has 0 unspecified atom stereocenters. The molecule has 0 aromatic rings. The minimum absolute atomic E-state index is 0.348. The number of aliphatic carboxylic acids is 1. The fraction of sp³-hybridized carbons (Fsp3) is 0.545. The number of carboxylic acids is 1. The largest absolute Gasteiger partial charge is 0.480 e. The highest BCUT2D eigenvalue weighted by atomic mass is 32.2. The molecular weight excluding hydrogens is 210 g/mol. The predicted octanol–water partition coefficient (Wildman–Crippen LogP) is 1.52. The number of carbonyl (C=O) groups is 1. The van der Waals surface area contributed by atoms with E-state index >= 15 is 0 Å². The lowest BCUT2D eigenvalue weighted by Gasteiger charge is -2.15. The molecule has 0 radical (unpaired) electrons. The molecule has 2 N–H and O–H groups in total. The standard InChI is InChI=1S/C11H17NO2S/c1-15-7-6-10(11(13)14)12-8-9-4-2-3-5-9/h2-5,9-10,12H,6-8H2,1H3,(H,13,14)/t10-/m0/s1. The second-order valence-corrected chi connectivity index (χ2v) is 4.50. The van der Waals surface area contributed by atoms with Crippen molar-refractivity contribution in [2.45, 2.75) is 12.5 Å². The second kappa shape index (κ2) is 6.69. The van der Waals surface area contributed by atoms with Crippen molar-refractivity contribution in [1.29, 1.82) is 0 Å². The molecule has 0 spiro atoms. The summed E-state index contributed by atoms with van der Waals surface area (Å²) < 4.78 is 0. The first-order chi connectivity index (χ1) is 7.24. The van der Waals surface area contributed by atoms with E-state index in [0.29, 0.717) is 18.9 Å². The third kappa shape index (κ3) is 4.53. The maximum Gasteiger partial charge on any atom is 0.320 e. The summed E-state index contributed by atoms with van der Waals surface area (Å²) in [6.45, 7) is 0.707. The molecule has 0 saturated heterocycles. The Bertz CT molecular complexity index is 251. The van der Waals surface area contributed by atoms with E-state index in [0.717, 1.165) is 5.75 Å². The first-order valence-corrected chi connectivity index (χ1v) is 6.43. The van der Waals surface area contributed by atoms with Crippen LogP contribution in [0.1, 0.15) is 6.42 Å². The molecule has 4 heteroatoms. The van der Waals surface area contributed by atoms with Gasteiger partial charge in [-0.05, 0) is 18.4 Å². The lowest BCUT2D eigenvalue weighted by Crippen LogP contribution is -2.39. The number of nitrogens with one attached hydrogen (secondary N) is 1. The molecule has 0 bridgehead atoms. The lowest BCUT2D eigenvalue weighted by atomic mass is 10.1. The van der Waals surface area contributed by atoms with Gasteiger partial charge >= 0.3 is 5.97 Å². The van der Waals surface area contributed by atoms with Crippen LogP contribution in [0.25, 0.3) is 0 Å². The SMILES string of the molecule is CSCC[C@H](NCC1C=CC=C1)C(=O)O. The Labute approximate surface area is 94.6 Å². The topological polar surface area (TPSA) is 49.3 Å². The predicted molar refractivity (Wildman–Crippen MR) is 64.2 cm³/mol. The van der Waals surface area contributed by atoms with Gasteiger partial charge in [0.2, 0.25) is 0 Å². The Morgan fingerprint density at radius 3 is 2.73 bits per heavy atom. The maximum atomic E-state index is 10.9. The summed E-state index contributed by atoms with van der Waals surface area (Å²) in [7, 11) is 0. The van der Waals surface area contributed by atoms with Gasteiger partial charge < -0.3 is 10.4 Å². The molecule has 0 amide bonds. The Kier molecular flexibility index (Phi) is 5.50. The van der Waals surface area contributed by atoms with Crippen molar-refractivity contribution >= 4 is 17.7 Å². The van der Waals surface area contributed by atoms with Crippen LogP contribution in [0, 0.1) is 5.92 Å². The fourth-order valence-corrected chi connectivity index (χ4v) is 1.91. The molecule has 0 aromatic heterocycles. The van der Waals surface area contributed by atoms with Crippen molar-refractivity contribution in [3.8, 4) is 0 Å². The number of rotatable bonds is 7. The van der Waals surface area contributed by atoms with Crippen LogP contribution in [0.4, 0.5) is 0 Å². The average molecular weight is 227 g/mol. The molecule has 1 rings (SSSR count). The van der Waals surface area contributed by atoms with Crippen molar-refractivity contribution in [2.75, 3.05) is 18.6 Å². The summed E-state index contributed by atoms with van der Waals surface area (Å²) in [6, 6.07) is -0.417. The Balaban J connectivity index is 2.27. The molecule has 1 aliphatic rings. The van der Waals surface area contributed by atoms with E-state index in [2.05, 4.69) is 17.5 Å². The normalized spacial score (nSPS) is 17.1. The maximum absolute atomic E-state index is 10.9. The summed E-state index contributed by atoms with van der Waals surface area (Å²) in [5.41, 5.74) is 0. The summed E-state index contributed by atoms with van der Waals surface area (Å²) >= 11 is 1.67. The Morgan fingerprint density at radius 1 is 1.53 bits per heavy atom. The van der Waals surface area contributed by atoms with Crippen molar-refractivity contribution in [1.82, 2.24) is 5.32 Å². The van der Waals surface area contributed by atoms with Crippen LogP contribution in [0.2, 0.25) is 0 Å². The van der Waals surface area contributed by atoms with Crippen molar-refractivity contribution in [3.63, 3.8) is 0 Å². The highest BCUT2D eigenvalue weighted by molar-refractivity contribution is 7.98. The zero-order valence-electron chi connectivity index (χ0n) is 8.85. The molecule has 0 aromatic carbocycles. The zero-order valence-corrected chi connectivity index (χ0v) is 9.67. The molecule has 0 saturated carbocycles. The minimum atomic E-state index is -0.755. The third-order valence-corrected chi connectivity index (χ3v) is 2.98. The van der Waals surface area contributed by atoms with Gasteiger partial charge in [-0.1, -0.05) is 24.3 Å². The molecule has 1 atom stereocenters. The Morgan fingerprint density at radius 2 is 2.20 bits per heavy atom. The molecule has 84 valence electrons. The third-order valence-electron chi connectivity index (χ3n) is 2.34. The van der Waals surface area contributed by atoms with Crippen LogP contribution in [0.5, 0.6) is 0 Å². The Hall–Kier alpha value is -0.740. The van der Waals surface area contributed by atoms with E-state index in [1.807, 2.05) is 18.4 Å². The fourth-order valence-electron chi connectivity index (χ4n) is 1.44. The summed E-state index contributed by atoms with van der Waals surface area (Å²) in [5, 5.41) is 12.0. The second-order valence-electron chi connectivity index (χ2n) is 3.51. The lowest BCUT2D eigenvalue weighted by molar-refractivity contribution is -0.139. The first-order valence-electron chi connectivity index (χ1n) is 5.04. The number of hydrogen-bond donors (Lipinski definition) is 2. The van der Waals surface area contributed by atoms with Crippen molar-refractivity contribution in [2.24, 2.45) is 5.92 Å². The van der Waals surface area contributed by atoms with Crippen LogP contribution in [0.15, 0.2) is 24.3 Å². The van der Waals surface area contributed by atoms with Crippen LogP contribution in [0.3, 0.4) is 0 Å². The van der Waals surface area contributed by atoms with Gasteiger partial charge in [0.15, 0.2) is 0 Å². The highest BCUT2D eigenvalue weighted by Gasteiger charge is 2.17. The quantitative estimate of drug-likeness (QED) is 0.692. The van der Waals surface area contributed by atoms with E-state index in [1.54, 1.807) is 11.8 Å². The molecule has 0 heterocycles. The van der Waals surface area contributed by atoms with Crippen LogP contribution in [-0.2, 0) is 4.79 Å². The van der Waals surface area contributed by atoms with E-state index in [4.69, 9.17) is 5.11 Å². The number of thioether (sulfide) groups is 1. The van der Waals surface area contributed by atoms with Crippen LogP contribution >= 0.6 is 11.8 Å². The molecule has 1 aliphatic carbocycles. The summed E-state index contributed by atoms with van der Waals surface area (Å²) in [6.07, 6.45) is 10.8. The van der Waals surface area contributed by atoms with Crippen molar-refractivity contribution < 1.29 is 9.90 Å². The van der Waals surface area contributed by atoms with Gasteiger partial charge in [-0.15, -0.1) is 0 Å². The first kappa shape index (κ1) is 12.3. The molecule has 0 aliphatic heterocycles. The monoisotopic (exact) mass is 227 g/mol. The van der Waals surface area contributed by atoms with Gasteiger partial charge in [0, 0.05) is 12.5 Å². The number of hydrogen-bond acceptors (Lipinski definition) is 3. The summed E-state index contributed by atoms with van der Waals surface area (Å²) in [5.74, 6) is 0.469. The minimum Gasteiger partial charge on any atom is -0.480 e. The smallest absolute Gasteiger partial charge is 0.320 e. The van der Waals surface area contributed by atoms with Crippen molar-refractivity contribution in [3.05, 3.63) is 24.3 Å². The molecule has 0 fully saturated rings. The summed E-state index contributed by atoms with van der Waals surface area (Å²) in [4.78, 5) is 10.9. The number of carboxylic acid groups (broad SMARTS) is 1. The van der Waals surface area contributed by atoms with Crippen LogP contribution < -0.4 is 5.32 Å². The van der Waals surface area contributed by atoms with E-state index in [1.165, 1.54) is 0 Å². The van der Waals surface area contributed by atoms with Gasteiger partial charge in [-0.2, -0.15) is 11.8 Å². The van der Waals surface area contributed by atoms with E-state index < -0.39 is 12.0 Å². The molecule has 15 heavy (non-hydrogen) atoms. The van der Waals surface area contributed by atoms with E-state index in [9.17, 15) is 4.79 Å². The van der Waals surface area contributed by atoms with Gasteiger partial charge in [0.05, 0.1) is 0 Å². The number of allylic oxidation sites excluding steroid dienone is 2. The molecule has 3 nitrogen and oxygen atoms in total. The average Bonchev–Trinajstić information content (AvgIpc) is 2.70. The van der Waals surface area contributed by atoms with Gasteiger partial charge in [-0.3, -0.25) is 4.79 Å². The van der Waals surface area contributed by atoms with Gasteiger partial charge in [0.1, 0.15) is 6.04 Å². The highest BCUT2D eigenvalue weighted by Crippen LogP contribution is 2.08. The zero-order chi connectivity index (χ0) is 11.1.